The van der Waals surface area contributed by atoms with Crippen molar-refractivity contribution >= 4 is 5.91 Å². The molecule has 0 aromatic heterocycles. The highest BCUT2D eigenvalue weighted by molar-refractivity contribution is 5.78. The molecule has 0 unspecified atom stereocenters. The van der Waals surface area contributed by atoms with E-state index < -0.39 is 0 Å². The molecule has 1 aliphatic heterocycles. The summed E-state index contributed by atoms with van der Waals surface area (Å²) >= 11 is 0. The van der Waals surface area contributed by atoms with Gasteiger partial charge in [0.1, 0.15) is 0 Å². The largest absolute Gasteiger partial charge is 0.454 e. The van der Waals surface area contributed by atoms with Gasteiger partial charge >= 0.3 is 0 Å². The number of fused-ring (bicyclic) bond motifs is 1. The Morgan fingerprint density at radius 3 is 2.50 bits per heavy atom. The van der Waals surface area contributed by atoms with Gasteiger partial charge in [-0.3, -0.25) is 9.69 Å². The van der Waals surface area contributed by atoms with Crippen LogP contribution in [-0.2, 0) is 17.8 Å². The van der Waals surface area contributed by atoms with Crippen LogP contribution in [0.1, 0.15) is 43.4 Å². The molecule has 28 heavy (non-hydrogen) atoms. The molecule has 0 atom stereocenters. The fourth-order valence-corrected chi connectivity index (χ4v) is 3.25. The summed E-state index contributed by atoms with van der Waals surface area (Å²) in [5, 5.41) is 3.04. The van der Waals surface area contributed by atoms with Crippen LogP contribution in [0.5, 0.6) is 11.5 Å². The Labute approximate surface area is 167 Å². The number of carbonyl (C=O) groups excluding carboxylic acids is 1. The van der Waals surface area contributed by atoms with Crippen LogP contribution in [0.4, 0.5) is 0 Å². The van der Waals surface area contributed by atoms with E-state index in [4.69, 9.17) is 9.47 Å². The van der Waals surface area contributed by atoms with Gasteiger partial charge in [0.15, 0.2) is 11.5 Å². The predicted molar refractivity (Wildman–Crippen MR) is 111 cm³/mol. The van der Waals surface area contributed by atoms with Crippen LogP contribution in [-0.4, -0.2) is 37.2 Å². The zero-order chi connectivity index (χ0) is 19.9. The van der Waals surface area contributed by atoms with Crippen molar-refractivity contribution in [3.05, 3.63) is 59.2 Å². The van der Waals surface area contributed by atoms with E-state index >= 15 is 0 Å². The van der Waals surface area contributed by atoms with Crippen molar-refractivity contribution in [2.75, 3.05) is 26.4 Å². The first-order chi connectivity index (χ1) is 13.5. The average molecular weight is 383 g/mol. The van der Waals surface area contributed by atoms with Gasteiger partial charge in [0, 0.05) is 13.1 Å². The van der Waals surface area contributed by atoms with E-state index in [2.05, 4.69) is 55.3 Å². The summed E-state index contributed by atoms with van der Waals surface area (Å²) < 4.78 is 10.8. The van der Waals surface area contributed by atoms with Gasteiger partial charge in [-0.15, -0.1) is 0 Å². The van der Waals surface area contributed by atoms with Crippen LogP contribution in [0, 0.1) is 0 Å². The Kier molecular flexibility index (Phi) is 6.93. The normalized spacial score (nSPS) is 12.6. The minimum atomic E-state index is 0.0568. The second-order valence-corrected chi connectivity index (χ2v) is 7.49. The Bertz CT molecular complexity index is 787. The molecule has 0 radical (unpaired) electrons. The summed E-state index contributed by atoms with van der Waals surface area (Å²) in [7, 11) is 0. The number of carbonyl (C=O) groups is 1. The highest BCUT2D eigenvalue weighted by Crippen LogP contribution is 2.32. The molecular formula is C23H30N2O3. The van der Waals surface area contributed by atoms with E-state index in [1.54, 1.807) is 0 Å². The summed E-state index contributed by atoms with van der Waals surface area (Å²) in [6.45, 7) is 9.28. The number of nitrogens with zero attached hydrogens (tertiary/aromatic N) is 1. The molecule has 1 amide bonds. The second-order valence-electron chi connectivity index (χ2n) is 7.49. The highest BCUT2D eigenvalue weighted by Gasteiger charge is 2.15. The van der Waals surface area contributed by atoms with Gasteiger partial charge in [-0.05, 0) is 47.7 Å². The standard InChI is InChI=1S/C23H30N2O3/c1-4-25(14-19-7-10-21-22(13-19)28-16-27-21)15-23(26)24-12-11-18-5-8-20(9-6-18)17(2)3/h5-10,13,17H,4,11-12,14-16H2,1-3H3,(H,24,26). The third-order valence-corrected chi connectivity index (χ3v) is 5.04. The molecule has 0 bridgehead atoms. The molecule has 150 valence electrons. The number of ether oxygens (including phenoxy) is 2. The number of hydrogen-bond donors (Lipinski definition) is 1. The van der Waals surface area contributed by atoms with Crippen LogP contribution in [0.15, 0.2) is 42.5 Å². The molecule has 1 heterocycles. The van der Waals surface area contributed by atoms with Gasteiger partial charge in [-0.2, -0.15) is 0 Å². The summed E-state index contributed by atoms with van der Waals surface area (Å²) in [4.78, 5) is 14.4. The molecule has 5 heteroatoms. The molecule has 2 aromatic carbocycles. The maximum Gasteiger partial charge on any atom is 0.234 e. The van der Waals surface area contributed by atoms with E-state index in [0.29, 0.717) is 25.6 Å². The maximum absolute atomic E-state index is 12.3. The van der Waals surface area contributed by atoms with Crippen LogP contribution in [0.2, 0.25) is 0 Å². The van der Waals surface area contributed by atoms with Crippen molar-refractivity contribution in [3.63, 3.8) is 0 Å². The average Bonchev–Trinajstić information content (AvgIpc) is 3.15. The van der Waals surface area contributed by atoms with Crippen LogP contribution in [0.25, 0.3) is 0 Å². The molecule has 2 aromatic rings. The van der Waals surface area contributed by atoms with Crippen molar-refractivity contribution in [2.45, 2.75) is 39.7 Å². The van der Waals surface area contributed by atoms with Crippen molar-refractivity contribution in [1.29, 1.82) is 0 Å². The molecule has 3 rings (SSSR count). The lowest BCUT2D eigenvalue weighted by atomic mass is 10.0. The maximum atomic E-state index is 12.3. The molecule has 1 aliphatic rings. The molecular weight excluding hydrogens is 352 g/mol. The van der Waals surface area contributed by atoms with Crippen molar-refractivity contribution < 1.29 is 14.3 Å². The van der Waals surface area contributed by atoms with Crippen LogP contribution >= 0.6 is 0 Å². The number of rotatable bonds is 9. The molecule has 0 aliphatic carbocycles. The minimum absolute atomic E-state index is 0.0568. The summed E-state index contributed by atoms with van der Waals surface area (Å²) in [5.74, 6) is 2.16. The number of benzene rings is 2. The third-order valence-electron chi connectivity index (χ3n) is 5.04. The zero-order valence-electron chi connectivity index (χ0n) is 17.0. The summed E-state index contributed by atoms with van der Waals surface area (Å²) in [6, 6.07) is 14.6. The second kappa shape index (κ2) is 9.60. The van der Waals surface area contributed by atoms with Gasteiger partial charge < -0.3 is 14.8 Å². The van der Waals surface area contributed by atoms with Crippen LogP contribution in [0.3, 0.4) is 0 Å². The van der Waals surface area contributed by atoms with E-state index in [0.717, 1.165) is 30.0 Å². The number of nitrogens with one attached hydrogen (secondary N) is 1. The number of hydrogen-bond acceptors (Lipinski definition) is 4. The van der Waals surface area contributed by atoms with Crippen molar-refractivity contribution in [1.82, 2.24) is 10.2 Å². The van der Waals surface area contributed by atoms with Crippen molar-refractivity contribution in [2.24, 2.45) is 0 Å². The Balaban J connectivity index is 1.43. The van der Waals surface area contributed by atoms with Gasteiger partial charge in [0.25, 0.3) is 0 Å². The molecule has 0 spiro atoms. The smallest absolute Gasteiger partial charge is 0.234 e. The molecule has 0 saturated carbocycles. The highest BCUT2D eigenvalue weighted by atomic mass is 16.7. The summed E-state index contributed by atoms with van der Waals surface area (Å²) in [6.07, 6.45) is 0.846. The van der Waals surface area contributed by atoms with E-state index in [-0.39, 0.29) is 12.7 Å². The topological polar surface area (TPSA) is 50.8 Å². The fourth-order valence-electron chi connectivity index (χ4n) is 3.25. The zero-order valence-corrected chi connectivity index (χ0v) is 17.0. The number of amides is 1. The quantitative estimate of drug-likeness (QED) is 0.718. The first-order valence-corrected chi connectivity index (χ1v) is 10.0. The SMILES string of the molecule is CCN(CC(=O)NCCc1ccc(C(C)C)cc1)Cc1ccc2c(c1)OCO2. The van der Waals surface area contributed by atoms with E-state index in [1.165, 1.54) is 11.1 Å². The first kappa shape index (κ1) is 20.2. The summed E-state index contributed by atoms with van der Waals surface area (Å²) in [5.41, 5.74) is 3.71. The van der Waals surface area contributed by atoms with Gasteiger partial charge in [0.2, 0.25) is 12.7 Å². The van der Waals surface area contributed by atoms with E-state index in [1.807, 2.05) is 18.2 Å². The van der Waals surface area contributed by atoms with Crippen molar-refractivity contribution in [3.8, 4) is 11.5 Å². The Morgan fingerprint density at radius 1 is 1.07 bits per heavy atom. The van der Waals surface area contributed by atoms with E-state index in [9.17, 15) is 4.79 Å². The monoisotopic (exact) mass is 382 g/mol. The molecule has 0 fully saturated rings. The number of likely N-dealkylation sites (N-methyl/N-ethyl adjacent to an activating group) is 1. The third kappa shape index (κ3) is 5.49. The molecule has 5 nitrogen and oxygen atoms in total. The predicted octanol–water partition coefficient (Wildman–Crippen LogP) is 3.72. The van der Waals surface area contributed by atoms with Gasteiger partial charge in [-0.25, -0.2) is 0 Å². The first-order valence-electron chi connectivity index (χ1n) is 10.0. The van der Waals surface area contributed by atoms with Gasteiger partial charge in [-0.1, -0.05) is 51.1 Å². The van der Waals surface area contributed by atoms with Gasteiger partial charge in [0.05, 0.1) is 6.54 Å². The lowest BCUT2D eigenvalue weighted by molar-refractivity contribution is -0.122. The Morgan fingerprint density at radius 2 is 1.79 bits per heavy atom. The van der Waals surface area contributed by atoms with Crippen LogP contribution < -0.4 is 14.8 Å². The fraction of sp³-hybridized carbons (Fsp3) is 0.435. The minimum Gasteiger partial charge on any atom is -0.454 e. The molecule has 0 saturated heterocycles. The lowest BCUT2D eigenvalue weighted by Crippen LogP contribution is -2.37. The molecule has 1 N–H and O–H groups in total. The lowest BCUT2D eigenvalue weighted by Gasteiger charge is -2.20. The Hall–Kier alpha value is -2.53.